The fraction of sp³-hybridized carbons (Fsp3) is 0.647. The van der Waals surface area contributed by atoms with Gasteiger partial charge in [0.15, 0.2) is 5.76 Å². The summed E-state index contributed by atoms with van der Waals surface area (Å²) < 4.78 is 5.10. The molecule has 0 saturated carbocycles. The Morgan fingerprint density at radius 1 is 1.43 bits per heavy atom. The Hall–Kier alpha value is -1.82. The van der Waals surface area contributed by atoms with Crippen molar-refractivity contribution in [3.63, 3.8) is 0 Å². The van der Waals surface area contributed by atoms with E-state index < -0.39 is 6.04 Å². The van der Waals surface area contributed by atoms with E-state index in [1.807, 2.05) is 32.8 Å². The minimum Gasteiger partial charge on any atom is -0.459 e. The van der Waals surface area contributed by atoms with Crippen LogP contribution < -0.4 is 5.32 Å². The number of amides is 2. The summed E-state index contributed by atoms with van der Waals surface area (Å²) in [5.74, 6) is 0.416. The van der Waals surface area contributed by atoms with Crippen LogP contribution in [0.4, 0.5) is 0 Å². The molecule has 0 bridgehead atoms. The molecule has 6 nitrogen and oxygen atoms in total. The molecular weight excluding hydrogens is 294 g/mol. The molecule has 1 aliphatic heterocycles. The van der Waals surface area contributed by atoms with Crippen LogP contribution >= 0.6 is 0 Å². The maximum absolute atomic E-state index is 12.8. The van der Waals surface area contributed by atoms with E-state index >= 15 is 0 Å². The first kappa shape index (κ1) is 17.5. The van der Waals surface area contributed by atoms with Crippen LogP contribution in [0.3, 0.4) is 0 Å². The third-order valence-electron chi connectivity index (χ3n) is 4.19. The van der Waals surface area contributed by atoms with E-state index in [2.05, 4.69) is 10.2 Å². The molecule has 0 unspecified atom stereocenters. The Morgan fingerprint density at radius 2 is 2.17 bits per heavy atom. The molecule has 1 fully saturated rings. The van der Waals surface area contributed by atoms with Gasteiger partial charge in [0.1, 0.15) is 6.04 Å². The van der Waals surface area contributed by atoms with Crippen molar-refractivity contribution in [2.24, 2.45) is 11.8 Å². The molecule has 0 radical (unpaired) electrons. The fourth-order valence-corrected chi connectivity index (χ4v) is 3.03. The molecule has 2 rings (SSSR count). The van der Waals surface area contributed by atoms with Crippen LogP contribution in [-0.2, 0) is 4.79 Å². The summed E-state index contributed by atoms with van der Waals surface area (Å²) in [4.78, 5) is 29.0. The van der Waals surface area contributed by atoms with Gasteiger partial charge in [0.2, 0.25) is 5.91 Å². The average Bonchev–Trinajstić information content (AvgIpc) is 3.13. The summed E-state index contributed by atoms with van der Waals surface area (Å²) in [5, 5.41) is 2.82. The van der Waals surface area contributed by atoms with Gasteiger partial charge in [0.25, 0.3) is 5.91 Å². The molecule has 0 aliphatic carbocycles. The molecule has 6 heteroatoms. The first-order chi connectivity index (χ1) is 10.9. The third kappa shape index (κ3) is 4.58. The van der Waals surface area contributed by atoms with Gasteiger partial charge in [0.05, 0.1) is 6.26 Å². The number of carbonyl (C=O) groups is 2. The Bertz CT molecular complexity index is 525. The van der Waals surface area contributed by atoms with E-state index in [9.17, 15) is 9.59 Å². The van der Waals surface area contributed by atoms with Crippen molar-refractivity contribution in [3.8, 4) is 0 Å². The lowest BCUT2D eigenvalue weighted by atomic mass is 10.0. The second kappa shape index (κ2) is 7.64. The zero-order valence-corrected chi connectivity index (χ0v) is 14.4. The Morgan fingerprint density at radius 3 is 2.74 bits per heavy atom. The molecule has 1 saturated heterocycles. The number of hydrogen-bond acceptors (Lipinski definition) is 4. The largest absolute Gasteiger partial charge is 0.459 e. The molecule has 0 spiro atoms. The highest BCUT2D eigenvalue weighted by atomic mass is 16.3. The number of rotatable bonds is 6. The zero-order chi connectivity index (χ0) is 17.0. The molecule has 1 N–H and O–H groups in total. The van der Waals surface area contributed by atoms with Crippen LogP contribution in [0.25, 0.3) is 0 Å². The molecule has 2 heterocycles. The van der Waals surface area contributed by atoms with Crippen molar-refractivity contribution < 1.29 is 14.0 Å². The summed E-state index contributed by atoms with van der Waals surface area (Å²) >= 11 is 0. The lowest BCUT2D eigenvalue weighted by molar-refractivity contribution is -0.133. The minimum absolute atomic E-state index is 0.00108. The van der Waals surface area contributed by atoms with Gasteiger partial charge in [-0.05, 0) is 44.5 Å². The first-order valence-corrected chi connectivity index (χ1v) is 8.16. The highest BCUT2D eigenvalue weighted by Gasteiger charge is 2.33. The summed E-state index contributed by atoms with van der Waals surface area (Å²) in [7, 11) is 4.09. The molecule has 2 amide bonds. The van der Waals surface area contributed by atoms with Gasteiger partial charge in [-0.25, -0.2) is 0 Å². The second-order valence-corrected chi connectivity index (χ2v) is 6.87. The van der Waals surface area contributed by atoms with Gasteiger partial charge in [-0.1, -0.05) is 13.8 Å². The van der Waals surface area contributed by atoms with Gasteiger partial charge in [0, 0.05) is 19.6 Å². The molecule has 128 valence electrons. The Labute approximate surface area is 137 Å². The quantitative estimate of drug-likeness (QED) is 0.861. The first-order valence-electron chi connectivity index (χ1n) is 8.16. The maximum Gasteiger partial charge on any atom is 0.287 e. The number of nitrogens with one attached hydrogen (secondary N) is 1. The highest BCUT2D eigenvalue weighted by Crippen LogP contribution is 2.19. The highest BCUT2D eigenvalue weighted by molar-refractivity contribution is 5.95. The molecule has 0 aromatic carbocycles. The number of hydrogen-bond donors (Lipinski definition) is 1. The number of carbonyl (C=O) groups excluding carboxylic acids is 2. The van der Waals surface area contributed by atoms with E-state index in [-0.39, 0.29) is 23.5 Å². The Balaban J connectivity index is 1.98. The molecular formula is C17H27N3O3. The van der Waals surface area contributed by atoms with Crippen molar-refractivity contribution in [2.75, 3.05) is 33.7 Å². The number of furan rings is 1. The third-order valence-corrected chi connectivity index (χ3v) is 4.19. The Kier molecular flexibility index (Phi) is 5.82. The SMILES string of the molecule is CC(C)[C@H](NC(=O)c1ccco1)C(=O)N1CC[C@@H](CN(C)C)C1. The topological polar surface area (TPSA) is 65.8 Å². The smallest absolute Gasteiger partial charge is 0.287 e. The maximum atomic E-state index is 12.8. The molecule has 23 heavy (non-hydrogen) atoms. The molecule has 2 atom stereocenters. The summed E-state index contributed by atoms with van der Waals surface area (Å²) in [5.41, 5.74) is 0. The van der Waals surface area contributed by atoms with Crippen molar-refractivity contribution in [3.05, 3.63) is 24.2 Å². The van der Waals surface area contributed by atoms with E-state index in [1.54, 1.807) is 12.1 Å². The van der Waals surface area contributed by atoms with E-state index in [4.69, 9.17) is 4.42 Å². The molecule has 1 aliphatic rings. The van der Waals surface area contributed by atoms with Crippen LogP contribution in [0.15, 0.2) is 22.8 Å². The van der Waals surface area contributed by atoms with Crippen molar-refractivity contribution in [1.29, 1.82) is 0 Å². The average molecular weight is 321 g/mol. The second-order valence-electron chi connectivity index (χ2n) is 6.87. The van der Waals surface area contributed by atoms with Gasteiger partial charge in [-0.3, -0.25) is 9.59 Å². The predicted molar refractivity (Wildman–Crippen MR) is 88.0 cm³/mol. The minimum atomic E-state index is -0.522. The van der Waals surface area contributed by atoms with Gasteiger partial charge < -0.3 is 19.5 Å². The fourth-order valence-electron chi connectivity index (χ4n) is 3.03. The zero-order valence-electron chi connectivity index (χ0n) is 14.4. The van der Waals surface area contributed by atoms with Crippen LogP contribution in [-0.4, -0.2) is 61.4 Å². The molecule has 1 aromatic rings. The van der Waals surface area contributed by atoms with Gasteiger partial charge in [-0.2, -0.15) is 0 Å². The monoisotopic (exact) mass is 321 g/mol. The van der Waals surface area contributed by atoms with E-state index in [0.717, 1.165) is 26.1 Å². The normalized spacial score (nSPS) is 19.4. The summed E-state index contributed by atoms with van der Waals surface area (Å²) in [6, 6.07) is 2.74. The lowest BCUT2D eigenvalue weighted by Gasteiger charge is -2.27. The standard InChI is InChI=1S/C17H27N3O3/c1-12(2)15(18-16(21)14-6-5-9-23-14)17(22)20-8-7-13(11-20)10-19(3)4/h5-6,9,12-13,15H,7-8,10-11H2,1-4H3,(H,18,21)/t13-,15-/m0/s1. The van der Waals surface area contributed by atoms with Crippen molar-refractivity contribution >= 4 is 11.8 Å². The van der Waals surface area contributed by atoms with Gasteiger partial charge in [-0.15, -0.1) is 0 Å². The van der Waals surface area contributed by atoms with Gasteiger partial charge >= 0.3 is 0 Å². The van der Waals surface area contributed by atoms with Crippen molar-refractivity contribution in [2.45, 2.75) is 26.3 Å². The number of likely N-dealkylation sites (tertiary alicyclic amines) is 1. The van der Waals surface area contributed by atoms with Crippen LogP contribution in [0, 0.1) is 11.8 Å². The summed E-state index contributed by atoms with van der Waals surface area (Å²) in [6.45, 7) is 6.39. The number of nitrogens with zero attached hydrogens (tertiary/aromatic N) is 2. The van der Waals surface area contributed by atoms with Crippen molar-refractivity contribution in [1.82, 2.24) is 15.1 Å². The lowest BCUT2D eigenvalue weighted by Crippen LogP contribution is -2.50. The van der Waals surface area contributed by atoms with E-state index in [1.165, 1.54) is 6.26 Å². The summed E-state index contributed by atoms with van der Waals surface area (Å²) in [6.07, 6.45) is 2.47. The van der Waals surface area contributed by atoms with E-state index in [0.29, 0.717) is 5.92 Å². The van der Waals surface area contributed by atoms with Crippen LogP contribution in [0.1, 0.15) is 30.8 Å². The molecule has 1 aromatic heterocycles. The predicted octanol–water partition coefficient (Wildman–Crippen LogP) is 1.44. The van der Waals surface area contributed by atoms with Crippen LogP contribution in [0.5, 0.6) is 0 Å². The van der Waals surface area contributed by atoms with Crippen LogP contribution in [0.2, 0.25) is 0 Å².